The van der Waals surface area contributed by atoms with E-state index >= 15 is 0 Å². The Labute approximate surface area is 126 Å². The second-order valence-electron chi connectivity index (χ2n) is 3.77. The van der Waals surface area contributed by atoms with E-state index in [9.17, 15) is 14.4 Å². The van der Waals surface area contributed by atoms with Crippen molar-refractivity contribution in [3.05, 3.63) is 0 Å². The van der Waals surface area contributed by atoms with E-state index in [1.165, 1.54) is 0 Å². The normalized spacial score (nSPS) is 11.5. The lowest BCUT2D eigenvalue weighted by molar-refractivity contribution is -0.128. The van der Waals surface area contributed by atoms with Crippen LogP contribution in [0.1, 0.15) is 19.8 Å². The van der Waals surface area contributed by atoms with Gasteiger partial charge in [-0.25, -0.2) is 0 Å². The Morgan fingerprint density at radius 1 is 1.21 bits per heavy atom. The average Bonchev–Trinajstić information content (AvgIpc) is 2.41. The molecule has 0 aliphatic carbocycles. The Kier molecular flexibility index (Phi) is 10.6. The molecule has 8 heteroatoms. The molecule has 0 saturated carbocycles. The highest BCUT2D eigenvalue weighted by molar-refractivity contribution is 9.09. The predicted molar refractivity (Wildman–Crippen MR) is 77.4 cm³/mol. The molecule has 0 aliphatic rings. The van der Waals surface area contributed by atoms with Crippen LogP contribution in [0, 0.1) is 0 Å². The third-order valence-electron chi connectivity index (χ3n) is 2.24. The van der Waals surface area contributed by atoms with Crippen LogP contribution in [0.15, 0.2) is 0 Å². The Bertz CT molecular complexity index is 316. The maximum Gasteiger partial charge on any atom is 0.242 e. The van der Waals surface area contributed by atoms with E-state index in [4.69, 9.17) is 11.6 Å². The summed E-state index contributed by atoms with van der Waals surface area (Å²) in [5.74, 6) is -0.925. The lowest BCUT2D eigenvalue weighted by Crippen LogP contribution is -2.47. The van der Waals surface area contributed by atoms with Crippen LogP contribution in [0.5, 0.6) is 0 Å². The number of nitrogens with one attached hydrogen (secondary N) is 3. The van der Waals surface area contributed by atoms with Gasteiger partial charge in [0, 0.05) is 13.1 Å². The van der Waals surface area contributed by atoms with Gasteiger partial charge < -0.3 is 16.0 Å². The fourth-order valence-corrected chi connectivity index (χ4v) is 1.66. The summed E-state index contributed by atoms with van der Waals surface area (Å²) in [5.41, 5.74) is 0. The molecule has 1 atom stereocenters. The fraction of sp³-hybridized carbons (Fsp3) is 0.727. The molecule has 3 N–H and O–H groups in total. The Balaban J connectivity index is 4.15. The topological polar surface area (TPSA) is 87.3 Å². The van der Waals surface area contributed by atoms with Gasteiger partial charge in [-0.2, -0.15) is 0 Å². The van der Waals surface area contributed by atoms with Gasteiger partial charge in [0.2, 0.25) is 17.7 Å². The zero-order valence-electron chi connectivity index (χ0n) is 10.8. The SMILES string of the molecule is CCNC(=O)C(CCCNC(=O)CBr)NC(=O)CCl. The first kappa shape index (κ1) is 18.2. The number of halogens is 2. The van der Waals surface area contributed by atoms with Gasteiger partial charge in [-0.05, 0) is 19.8 Å². The smallest absolute Gasteiger partial charge is 0.242 e. The molecule has 0 radical (unpaired) electrons. The molecule has 0 aromatic rings. The van der Waals surface area contributed by atoms with E-state index in [0.717, 1.165) is 0 Å². The molecule has 6 nitrogen and oxygen atoms in total. The number of carbonyl (C=O) groups is 3. The van der Waals surface area contributed by atoms with Crippen LogP contribution >= 0.6 is 27.5 Å². The molecule has 0 saturated heterocycles. The second-order valence-corrected chi connectivity index (χ2v) is 4.60. The molecule has 0 aromatic carbocycles. The van der Waals surface area contributed by atoms with Crippen LogP contribution < -0.4 is 16.0 Å². The summed E-state index contributed by atoms with van der Waals surface area (Å²) in [7, 11) is 0. The molecule has 0 aromatic heterocycles. The third-order valence-corrected chi connectivity index (χ3v) is 2.99. The number of amides is 3. The number of hydrogen-bond donors (Lipinski definition) is 3. The molecule has 3 amide bonds. The van der Waals surface area contributed by atoms with Gasteiger partial charge in [0.25, 0.3) is 0 Å². The van der Waals surface area contributed by atoms with Crippen LogP contribution in [0.4, 0.5) is 0 Å². The van der Waals surface area contributed by atoms with Gasteiger partial charge in [-0.15, -0.1) is 11.6 Å². The molecule has 0 heterocycles. The van der Waals surface area contributed by atoms with Crippen molar-refractivity contribution in [3.63, 3.8) is 0 Å². The molecule has 0 fully saturated rings. The first-order valence-electron chi connectivity index (χ1n) is 6.00. The van der Waals surface area contributed by atoms with Crippen molar-refractivity contribution in [3.8, 4) is 0 Å². The van der Waals surface area contributed by atoms with Crippen molar-refractivity contribution >= 4 is 45.3 Å². The molecule has 0 spiro atoms. The quantitative estimate of drug-likeness (QED) is 0.405. The summed E-state index contributed by atoms with van der Waals surface area (Å²) < 4.78 is 0. The molecule has 0 bridgehead atoms. The highest BCUT2D eigenvalue weighted by Gasteiger charge is 2.19. The second kappa shape index (κ2) is 11.0. The zero-order valence-corrected chi connectivity index (χ0v) is 13.1. The van der Waals surface area contributed by atoms with Gasteiger partial charge in [0.05, 0.1) is 5.33 Å². The molecular weight excluding hydrogens is 337 g/mol. The van der Waals surface area contributed by atoms with E-state index in [1.54, 1.807) is 6.92 Å². The summed E-state index contributed by atoms with van der Waals surface area (Å²) in [6.07, 6.45) is 1.03. The van der Waals surface area contributed by atoms with E-state index in [-0.39, 0.29) is 28.9 Å². The summed E-state index contributed by atoms with van der Waals surface area (Å²) in [5, 5.41) is 8.11. The summed E-state index contributed by atoms with van der Waals surface area (Å²) >= 11 is 8.43. The van der Waals surface area contributed by atoms with Gasteiger partial charge >= 0.3 is 0 Å². The third kappa shape index (κ3) is 8.83. The van der Waals surface area contributed by atoms with Crippen molar-refractivity contribution in [2.75, 3.05) is 24.3 Å². The van der Waals surface area contributed by atoms with Crippen LogP contribution in [-0.4, -0.2) is 48.1 Å². The average molecular weight is 357 g/mol. The van der Waals surface area contributed by atoms with Crippen LogP contribution in [-0.2, 0) is 14.4 Å². The first-order chi connectivity index (χ1) is 9.04. The maximum absolute atomic E-state index is 11.7. The summed E-state index contributed by atoms with van der Waals surface area (Å²) in [6, 6.07) is -0.618. The van der Waals surface area contributed by atoms with Crippen LogP contribution in [0.25, 0.3) is 0 Å². The number of likely N-dealkylation sites (N-methyl/N-ethyl adjacent to an activating group) is 1. The molecular formula is C11H19BrClN3O3. The number of carbonyl (C=O) groups excluding carboxylic acids is 3. The highest BCUT2D eigenvalue weighted by Crippen LogP contribution is 1.98. The lowest BCUT2D eigenvalue weighted by Gasteiger charge is -2.17. The Morgan fingerprint density at radius 3 is 2.42 bits per heavy atom. The van der Waals surface area contributed by atoms with Crippen molar-refractivity contribution in [2.45, 2.75) is 25.8 Å². The van der Waals surface area contributed by atoms with Crippen LogP contribution in [0.3, 0.4) is 0 Å². The van der Waals surface area contributed by atoms with Crippen molar-refractivity contribution in [2.24, 2.45) is 0 Å². The minimum atomic E-state index is -0.618. The van der Waals surface area contributed by atoms with Gasteiger partial charge in [-0.1, -0.05) is 15.9 Å². The minimum Gasteiger partial charge on any atom is -0.355 e. The summed E-state index contributed by atoms with van der Waals surface area (Å²) in [4.78, 5) is 33.9. The largest absolute Gasteiger partial charge is 0.355 e. The van der Waals surface area contributed by atoms with E-state index in [2.05, 4.69) is 31.9 Å². The molecule has 0 aliphatic heterocycles. The standard InChI is InChI=1S/C11H19BrClN3O3/c1-2-14-11(19)8(16-10(18)7-13)4-3-5-15-9(17)6-12/h8H,2-7H2,1H3,(H,14,19)(H,15,17)(H,16,18). The predicted octanol–water partition coefficient (Wildman–Crippen LogP) is 0.137. The number of hydrogen-bond acceptors (Lipinski definition) is 3. The highest BCUT2D eigenvalue weighted by atomic mass is 79.9. The maximum atomic E-state index is 11.7. The zero-order chi connectivity index (χ0) is 14.7. The number of alkyl halides is 2. The molecule has 19 heavy (non-hydrogen) atoms. The van der Waals surface area contributed by atoms with Crippen molar-refractivity contribution in [1.29, 1.82) is 0 Å². The first-order valence-corrected chi connectivity index (χ1v) is 7.66. The number of rotatable bonds is 9. The monoisotopic (exact) mass is 355 g/mol. The van der Waals surface area contributed by atoms with Crippen LogP contribution in [0.2, 0.25) is 0 Å². The van der Waals surface area contributed by atoms with Gasteiger partial charge in [0.15, 0.2) is 0 Å². The van der Waals surface area contributed by atoms with Gasteiger partial charge in [0.1, 0.15) is 11.9 Å². The minimum absolute atomic E-state index is 0.112. The van der Waals surface area contributed by atoms with Crippen molar-refractivity contribution < 1.29 is 14.4 Å². The van der Waals surface area contributed by atoms with E-state index in [1.807, 2.05) is 0 Å². The Morgan fingerprint density at radius 2 is 1.89 bits per heavy atom. The molecule has 110 valence electrons. The van der Waals surface area contributed by atoms with E-state index < -0.39 is 6.04 Å². The molecule has 0 rings (SSSR count). The Hall–Kier alpha value is -0.820. The summed E-state index contributed by atoms with van der Waals surface area (Å²) in [6.45, 7) is 2.75. The molecule has 1 unspecified atom stereocenters. The van der Waals surface area contributed by atoms with E-state index in [0.29, 0.717) is 25.9 Å². The fourth-order valence-electron chi connectivity index (χ4n) is 1.38. The van der Waals surface area contributed by atoms with Gasteiger partial charge in [-0.3, -0.25) is 14.4 Å². The van der Waals surface area contributed by atoms with Crippen molar-refractivity contribution in [1.82, 2.24) is 16.0 Å². The lowest BCUT2D eigenvalue weighted by atomic mass is 10.1.